The zero-order valence-corrected chi connectivity index (χ0v) is 12.3. The van der Waals surface area contributed by atoms with Crippen LogP contribution in [-0.2, 0) is 11.3 Å². The highest BCUT2D eigenvalue weighted by atomic mass is 19.2. The molecule has 0 radical (unpaired) electrons. The van der Waals surface area contributed by atoms with Crippen LogP contribution in [0.2, 0.25) is 0 Å². The van der Waals surface area contributed by atoms with E-state index in [4.69, 9.17) is 4.74 Å². The van der Waals surface area contributed by atoms with Crippen LogP contribution in [-0.4, -0.2) is 40.8 Å². The van der Waals surface area contributed by atoms with Crippen molar-refractivity contribution < 1.29 is 14.0 Å². The van der Waals surface area contributed by atoms with Gasteiger partial charge in [0.05, 0.1) is 29.7 Å². The summed E-state index contributed by atoms with van der Waals surface area (Å²) in [5, 5.41) is 0.771. The summed E-state index contributed by atoms with van der Waals surface area (Å²) >= 11 is 0. The molecule has 0 saturated heterocycles. The van der Waals surface area contributed by atoms with Crippen molar-refractivity contribution in [1.82, 2.24) is 14.7 Å². The van der Waals surface area contributed by atoms with Gasteiger partial charge in [-0.25, -0.2) is 9.78 Å². The van der Waals surface area contributed by atoms with Gasteiger partial charge in [-0.1, -0.05) is 6.92 Å². The molecule has 3 rings (SSSR count). The Hall–Kier alpha value is -1.95. The van der Waals surface area contributed by atoms with Crippen LogP contribution in [0.25, 0.3) is 11.0 Å². The molecule has 1 aliphatic heterocycles. The summed E-state index contributed by atoms with van der Waals surface area (Å²) in [5.41, 5.74) is 2.21. The lowest BCUT2D eigenvalue weighted by atomic mass is 9.95. The van der Waals surface area contributed by atoms with E-state index in [0.717, 1.165) is 34.9 Å². The minimum atomic E-state index is -0.378. The summed E-state index contributed by atoms with van der Waals surface area (Å²) in [6.45, 7) is 2.71. The predicted octanol–water partition coefficient (Wildman–Crippen LogP) is 2.52. The second-order valence-corrected chi connectivity index (χ2v) is 5.49. The van der Waals surface area contributed by atoms with E-state index in [2.05, 4.69) is 9.55 Å². The fourth-order valence-electron chi connectivity index (χ4n) is 3.15. The molecular formula is C15H18FN3O2. The number of hydrogen-bond donors (Lipinski definition) is 0. The fourth-order valence-corrected chi connectivity index (χ4v) is 3.15. The van der Waals surface area contributed by atoms with Crippen molar-refractivity contribution in [1.29, 1.82) is 0 Å². The number of methoxy groups -OCH3 is 1. The number of aryl methyl sites for hydroxylation is 1. The first-order chi connectivity index (χ1) is 10.0. The summed E-state index contributed by atoms with van der Waals surface area (Å²) in [7, 11) is 2.81. The van der Waals surface area contributed by atoms with Gasteiger partial charge in [0, 0.05) is 19.5 Å². The molecule has 6 heteroatoms. The van der Waals surface area contributed by atoms with Crippen molar-refractivity contribution in [3.8, 4) is 0 Å². The summed E-state index contributed by atoms with van der Waals surface area (Å²) in [4.78, 5) is 16.2. The highest BCUT2D eigenvalue weighted by molar-refractivity contribution is 5.93. The molecule has 2 aromatic rings. The van der Waals surface area contributed by atoms with Gasteiger partial charge in [0.25, 0.3) is 0 Å². The number of esters is 1. The van der Waals surface area contributed by atoms with Gasteiger partial charge < -0.3 is 9.30 Å². The maximum absolute atomic E-state index is 13.5. The lowest BCUT2D eigenvalue weighted by Gasteiger charge is -2.31. The van der Waals surface area contributed by atoms with E-state index in [1.807, 2.05) is 13.0 Å². The molecule has 2 heterocycles. The second-order valence-electron chi connectivity index (χ2n) is 5.49. The van der Waals surface area contributed by atoms with Crippen LogP contribution in [0, 0.1) is 0 Å². The number of aromatic nitrogens is 2. The molecule has 2 atom stereocenters. The number of hydrogen-bond acceptors (Lipinski definition) is 4. The smallest absolute Gasteiger partial charge is 0.337 e. The average molecular weight is 291 g/mol. The van der Waals surface area contributed by atoms with Gasteiger partial charge in [-0.15, -0.1) is 9.60 Å². The summed E-state index contributed by atoms with van der Waals surface area (Å²) in [5.74, 6) is 0.493. The first-order valence-corrected chi connectivity index (χ1v) is 7.00. The van der Waals surface area contributed by atoms with Crippen molar-refractivity contribution in [2.45, 2.75) is 31.8 Å². The summed E-state index contributed by atoms with van der Waals surface area (Å²) < 4.78 is 20.4. The van der Waals surface area contributed by atoms with E-state index < -0.39 is 0 Å². The zero-order chi connectivity index (χ0) is 15.1. The molecule has 1 aromatic carbocycles. The van der Waals surface area contributed by atoms with Gasteiger partial charge in [-0.2, -0.15) is 0 Å². The van der Waals surface area contributed by atoms with Crippen LogP contribution in [0.3, 0.4) is 0 Å². The highest BCUT2D eigenvalue weighted by Gasteiger charge is 2.32. The molecule has 1 aromatic heterocycles. The molecule has 5 nitrogen and oxygen atoms in total. The lowest BCUT2D eigenvalue weighted by Crippen LogP contribution is -2.36. The van der Waals surface area contributed by atoms with E-state index in [-0.39, 0.29) is 17.9 Å². The van der Waals surface area contributed by atoms with Crippen LogP contribution in [0.15, 0.2) is 18.2 Å². The monoisotopic (exact) mass is 291 g/mol. The molecule has 0 unspecified atom stereocenters. The molecule has 0 spiro atoms. The number of rotatable bonds is 2. The highest BCUT2D eigenvalue weighted by Crippen LogP contribution is 2.33. The van der Waals surface area contributed by atoms with Crippen molar-refractivity contribution >= 4 is 17.0 Å². The van der Waals surface area contributed by atoms with E-state index in [9.17, 15) is 9.28 Å². The molecular weight excluding hydrogens is 273 g/mol. The zero-order valence-electron chi connectivity index (χ0n) is 12.3. The Labute approximate surface area is 122 Å². The number of imidazole rings is 1. The third-order valence-electron chi connectivity index (χ3n) is 4.29. The fraction of sp³-hybridized carbons (Fsp3) is 0.467. The largest absolute Gasteiger partial charge is 0.465 e. The van der Waals surface area contributed by atoms with Gasteiger partial charge in [-0.05, 0) is 24.6 Å². The Morgan fingerprint density at radius 1 is 1.52 bits per heavy atom. The number of fused-ring (bicyclic) bond motifs is 3. The molecule has 0 fully saturated rings. The van der Waals surface area contributed by atoms with Crippen molar-refractivity contribution in [2.75, 3.05) is 14.2 Å². The second kappa shape index (κ2) is 5.11. The maximum Gasteiger partial charge on any atom is 0.337 e. The minimum Gasteiger partial charge on any atom is -0.465 e. The van der Waals surface area contributed by atoms with Crippen molar-refractivity contribution in [2.24, 2.45) is 0 Å². The Kier molecular flexibility index (Phi) is 3.41. The molecule has 0 saturated carbocycles. The molecule has 0 N–H and O–H groups in total. The van der Waals surface area contributed by atoms with Crippen LogP contribution in [0.5, 0.6) is 0 Å². The number of halogens is 1. The summed E-state index contributed by atoms with van der Waals surface area (Å²) in [6.07, 6.45) is 0.741. The Balaban J connectivity index is 2.07. The van der Waals surface area contributed by atoms with Gasteiger partial charge in [0.15, 0.2) is 0 Å². The summed E-state index contributed by atoms with van der Waals surface area (Å²) in [6, 6.07) is 5.19. The number of nitrogens with zero attached hydrogens (tertiary/aromatic N) is 3. The molecule has 112 valence electrons. The van der Waals surface area contributed by atoms with E-state index >= 15 is 0 Å². The Bertz CT molecular complexity index is 696. The van der Waals surface area contributed by atoms with E-state index in [0.29, 0.717) is 5.56 Å². The van der Waals surface area contributed by atoms with Crippen molar-refractivity contribution in [3.63, 3.8) is 0 Å². The number of benzene rings is 1. The number of carbonyl (C=O) groups excluding carboxylic acids is 1. The third-order valence-corrected chi connectivity index (χ3v) is 4.29. The van der Waals surface area contributed by atoms with Gasteiger partial charge in [0.1, 0.15) is 5.82 Å². The Morgan fingerprint density at radius 2 is 2.29 bits per heavy atom. The standard InChI is InChI=1S/C15H18FN3O2/c1-9-12(18(2)16)6-7-19-13-5-4-10(15(20)21-3)8-11(13)17-14(9)19/h4-5,8-9,12H,6-7H2,1-3H3/t9-,12-/m0/s1. The molecule has 1 aliphatic rings. The van der Waals surface area contributed by atoms with Gasteiger partial charge in [0.2, 0.25) is 0 Å². The maximum atomic E-state index is 13.5. The van der Waals surface area contributed by atoms with Crippen LogP contribution < -0.4 is 0 Å². The van der Waals surface area contributed by atoms with Gasteiger partial charge >= 0.3 is 5.97 Å². The van der Waals surface area contributed by atoms with E-state index in [1.54, 1.807) is 12.1 Å². The number of carbonyl (C=O) groups is 1. The first-order valence-electron chi connectivity index (χ1n) is 7.00. The van der Waals surface area contributed by atoms with Crippen molar-refractivity contribution in [3.05, 3.63) is 29.6 Å². The number of likely N-dealkylation sites (N-methyl/N-ethyl adjacent to an activating group) is 1. The molecule has 21 heavy (non-hydrogen) atoms. The van der Waals surface area contributed by atoms with Crippen LogP contribution >= 0.6 is 0 Å². The van der Waals surface area contributed by atoms with Crippen LogP contribution in [0.4, 0.5) is 4.48 Å². The SMILES string of the molecule is COC(=O)c1ccc2c(c1)nc1n2CC[C@H](N(C)F)[C@@H]1C. The topological polar surface area (TPSA) is 47.4 Å². The minimum absolute atomic E-state index is 0.00252. The molecule has 0 aliphatic carbocycles. The first kappa shape index (κ1) is 14.0. The third kappa shape index (κ3) is 2.19. The van der Waals surface area contributed by atoms with Crippen LogP contribution in [0.1, 0.15) is 35.4 Å². The lowest BCUT2D eigenvalue weighted by molar-refractivity contribution is -0.0131. The average Bonchev–Trinajstić information content (AvgIpc) is 2.85. The van der Waals surface area contributed by atoms with Gasteiger partial charge in [-0.3, -0.25) is 0 Å². The Morgan fingerprint density at radius 3 is 2.95 bits per heavy atom. The number of ether oxygens (including phenoxy) is 1. The quantitative estimate of drug-likeness (QED) is 0.630. The normalized spacial score (nSPS) is 21.6. The predicted molar refractivity (Wildman–Crippen MR) is 76.8 cm³/mol. The molecule has 0 amide bonds. The molecule has 0 bridgehead atoms. The van der Waals surface area contributed by atoms with E-state index in [1.165, 1.54) is 14.2 Å².